The molecule has 0 aromatic carbocycles. The predicted molar refractivity (Wildman–Crippen MR) is 98.8 cm³/mol. The average Bonchev–Trinajstić information content (AvgIpc) is 2.91. The van der Waals surface area contributed by atoms with Gasteiger partial charge in [-0.1, -0.05) is 32.4 Å². The summed E-state index contributed by atoms with van der Waals surface area (Å²) in [6.45, 7) is 7.61. The Kier molecular flexibility index (Phi) is 7.40. The van der Waals surface area contributed by atoms with Gasteiger partial charge in [0.05, 0.1) is 18.9 Å². The Balaban J connectivity index is 0.000000211. The Morgan fingerprint density at radius 3 is 2.60 bits per heavy atom. The first kappa shape index (κ1) is 19.9. The Morgan fingerprint density at radius 1 is 1.36 bits per heavy atom. The number of nitrogens with zero attached hydrogens (tertiary/aromatic N) is 4. The van der Waals surface area contributed by atoms with Crippen LogP contribution in [-0.2, 0) is 4.74 Å². The average molecular weight is 370 g/mol. The van der Waals surface area contributed by atoms with Crippen molar-refractivity contribution >= 4 is 23.1 Å². The molecule has 2 aromatic heterocycles. The molecule has 1 unspecified atom stereocenters. The van der Waals surface area contributed by atoms with E-state index in [0.717, 1.165) is 49.5 Å². The van der Waals surface area contributed by atoms with Crippen molar-refractivity contribution in [2.45, 2.75) is 58.5 Å². The number of aliphatic hydroxyl groups is 1. The van der Waals surface area contributed by atoms with Crippen molar-refractivity contribution < 1.29 is 9.84 Å². The summed E-state index contributed by atoms with van der Waals surface area (Å²) in [6, 6.07) is 0. The zero-order valence-electron chi connectivity index (χ0n) is 15.2. The highest BCUT2D eigenvalue weighted by atomic mass is 35.5. The number of nitrogens with two attached hydrogens (primary N) is 1. The topological polar surface area (TPSA) is 98.6 Å². The lowest BCUT2D eigenvalue weighted by Gasteiger charge is -2.31. The lowest BCUT2D eigenvalue weighted by atomic mass is 9.76. The van der Waals surface area contributed by atoms with Gasteiger partial charge in [-0.15, -0.1) is 5.10 Å². The van der Waals surface area contributed by atoms with Crippen LogP contribution in [0.3, 0.4) is 0 Å². The van der Waals surface area contributed by atoms with Crippen LogP contribution >= 0.6 is 11.6 Å². The third-order valence-electron chi connectivity index (χ3n) is 4.27. The Bertz CT molecular complexity index is 666. The fraction of sp³-hybridized carbons (Fsp3) is 0.706. The lowest BCUT2D eigenvalue weighted by molar-refractivity contribution is -0.00535. The number of fused-ring (bicyclic) bond motifs is 1. The molecule has 1 atom stereocenters. The van der Waals surface area contributed by atoms with Crippen LogP contribution in [-0.4, -0.2) is 44.0 Å². The van der Waals surface area contributed by atoms with Crippen molar-refractivity contribution in [3.63, 3.8) is 0 Å². The van der Waals surface area contributed by atoms with Gasteiger partial charge in [-0.05, 0) is 31.6 Å². The van der Waals surface area contributed by atoms with Crippen molar-refractivity contribution in [2.24, 2.45) is 5.92 Å². The highest BCUT2D eigenvalue weighted by Gasteiger charge is 2.31. The molecule has 25 heavy (non-hydrogen) atoms. The Labute approximate surface area is 153 Å². The van der Waals surface area contributed by atoms with E-state index in [-0.39, 0.29) is 12.1 Å². The smallest absolute Gasteiger partial charge is 0.238 e. The summed E-state index contributed by atoms with van der Waals surface area (Å²) in [5.74, 6) is 2.36. The number of rotatable bonds is 1. The molecule has 1 aliphatic carbocycles. The van der Waals surface area contributed by atoms with Crippen LogP contribution in [0.25, 0.3) is 5.52 Å². The fourth-order valence-corrected chi connectivity index (χ4v) is 3.20. The van der Waals surface area contributed by atoms with E-state index in [1.165, 1.54) is 0 Å². The summed E-state index contributed by atoms with van der Waals surface area (Å²) >= 11 is 6.04. The van der Waals surface area contributed by atoms with E-state index in [2.05, 4.69) is 22.0 Å². The van der Waals surface area contributed by atoms with E-state index in [1.807, 2.05) is 13.8 Å². The summed E-state index contributed by atoms with van der Waals surface area (Å²) < 4.78 is 6.66. The van der Waals surface area contributed by atoms with Crippen molar-refractivity contribution in [1.29, 1.82) is 0 Å². The maximum atomic E-state index is 8.78. The van der Waals surface area contributed by atoms with Gasteiger partial charge in [0.15, 0.2) is 5.15 Å². The first-order valence-electron chi connectivity index (χ1n) is 8.97. The van der Waals surface area contributed by atoms with Crippen LogP contribution in [0.2, 0.25) is 5.15 Å². The quantitative estimate of drug-likeness (QED) is 0.801. The minimum atomic E-state index is -0.186. The second-order valence-electron chi connectivity index (χ2n) is 6.32. The maximum Gasteiger partial charge on any atom is 0.238 e. The lowest BCUT2D eigenvalue weighted by Crippen LogP contribution is -2.21. The molecule has 7 nitrogen and oxygen atoms in total. The zero-order chi connectivity index (χ0) is 18.4. The molecule has 1 aliphatic heterocycles. The van der Waals surface area contributed by atoms with Crippen LogP contribution in [0, 0.1) is 5.92 Å². The molecule has 140 valence electrons. The molecule has 3 heterocycles. The molecule has 1 saturated carbocycles. The SMILES string of the molecule is CC.CC1CC(c2nc(Cl)c3cnc(N)nn23)C1.OC1CCCOC1. The van der Waals surface area contributed by atoms with Gasteiger partial charge in [-0.2, -0.15) is 0 Å². The molecule has 0 spiro atoms. The second kappa shape index (κ2) is 9.31. The van der Waals surface area contributed by atoms with Crippen LogP contribution in [0.5, 0.6) is 0 Å². The molecule has 1 saturated heterocycles. The molecule has 0 amide bonds. The minimum absolute atomic E-state index is 0.186. The standard InChI is InChI=1S/C10H12ClN5.C5H10O2.C2H6/c1-5-2-6(3-5)9-14-8(11)7-4-13-10(12)15-16(7)9;6-5-2-1-3-7-4-5;1-2/h4-6H,2-3H2,1H3,(H2,12,15);5-6H,1-4H2;1-2H3. The summed E-state index contributed by atoms with van der Waals surface area (Å²) in [5.41, 5.74) is 6.30. The van der Waals surface area contributed by atoms with Gasteiger partial charge < -0.3 is 15.6 Å². The molecule has 2 aliphatic rings. The molecule has 2 fully saturated rings. The predicted octanol–water partition coefficient (Wildman–Crippen LogP) is 3.06. The third kappa shape index (κ3) is 5.03. The number of nitrogen functional groups attached to an aromatic ring is 1. The number of imidazole rings is 1. The van der Waals surface area contributed by atoms with Crippen molar-refractivity contribution in [3.05, 3.63) is 17.2 Å². The number of aliphatic hydroxyl groups excluding tert-OH is 1. The monoisotopic (exact) mass is 369 g/mol. The number of hydrogen-bond donors (Lipinski definition) is 2. The number of anilines is 1. The number of aromatic nitrogens is 4. The van der Waals surface area contributed by atoms with Crippen LogP contribution in [0.1, 0.15) is 58.2 Å². The molecular weight excluding hydrogens is 342 g/mol. The van der Waals surface area contributed by atoms with E-state index < -0.39 is 0 Å². The number of ether oxygens (including phenoxy) is 1. The molecule has 8 heteroatoms. The van der Waals surface area contributed by atoms with Gasteiger partial charge in [0, 0.05) is 12.5 Å². The molecular formula is C17H28ClN5O2. The van der Waals surface area contributed by atoms with Gasteiger partial charge in [-0.3, -0.25) is 0 Å². The van der Waals surface area contributed by atoms with Crippen LogP contribution in [0.4, 0.5) is 5.95 Å². The van der Waals surface area contributed by atoms with Crippen LogP contribution < -0.4 is 5.73 Å². The van der Waals surface area contributed by atoms with Crippen molar-refractivity contribution in [2.75, 3.05) is 18.9 Å². The number of halogens is 1. The summed E-state index contributed by atoms with van der Waals surface area (Å²) in [7, 11) is 0. The zero-order valence-corrected chi connectivity index (χ0v) is 15.9. The fourth-order valence-electron chi connectivity index (χ4n) is 2.99. The molecule has 0 radical (unpaired) electrons. The number of hydrogen-bond acceptors (Lipinski definition) is 6. The first-order valence-corrected chi connectivity index (χ1v) is 9.35. The van der Waals surface area contributed by atoms with E-state index in [9.17, 15) is 0 Å². The second-order valence-corrected chi connectivity index (χ2v) is 6.68. The first-order chi connectivity index (χ1) is 12.0. The van der Waals surface area contributed by atoms with E-state index in [1.54, 1.807) is 10.7 Å². The highest BCUT2D eigenvalue weighted by molar-refractivity contribution is 6.32. The largest absolute Gasteiger partial charge is 0.391 e. The van der Waals surface area contributed by atoms with Gasteiger partial charge in [0.25, 0.3) is 0 Å². The summed E-state index contributed by atoms with van der Waals surface area (Å²) in [6.07, 6.45) is 5.64. The van der Waals surface area contributed by atoms with E-state index >= 15 is 0 Å². The molecule has 2 aromatic rings. The Hall–Kier alpha value is -1.44. The third-order valence-corrected chi connectivity index (χ3v) is 4.54. The summed E-state index contributed by atoms with van der Waals surface area (Å²) in [4.78, 5) is 8.28. The van der Waals surface area contributed by atoms with Crippen LogP contribution in [0.15, 0.2) is 6.20 Å². The highest BCUT2D eigenvalue weighted by Crippen LogP contribution is 2.41. The van der Waals surface area contributed by atoms with E-state index in [0.29, 0.717) is 17.7 Å². The molecule has 0 bridgehead atoms. The normalized spacial score (nSPS) is 25.2. The van der Waals surface area contributed by atoms with Crippen molar-refractivity contribution in [1.82, 2.24) is 19.6 Å². The van der Waals surface area contributed by atoms with Gasteiger partial charge in [0.1, 0.15) is 11.3 Å². The molecule has 3 N–H and O–H groups in total. The maximum absolute atomic E-state index is 8.78. The minimum Gasteiger partial charge on any atom is -0.391 e. The van der Waals surface area contributed by atoms with Gasteiger partial charge in [0.2, 0.25) is 5.95 Å². The molecule has 4 rings (SSSR count). The van der Waals surface area contributed by atoms with Gasteiger partial charge in [-0.25, -0.2) is 14.5 Å². The van der Waals surface area contributed by atoms with E-state index in [4.69, 9.17) is 27.2 Å². The Morgan fingerprint density at radius 2 is 2.08 bits per heavy atom. The van der Waals surface area contributed by atoms with Gasteiger partial charge >= 0.3 is 0 Å². The summed E-state index contributed by atoms with van der Waals surface area (Å²) in [5, 5.41) is 13.4. The van der Waals surface area contributed by atoms with Crippen molar-refractivity contribution in [3.8, 4) is 0 Å².